The second-order valence-corrected chi connectivity index (χ2v) is 5.05. The fraction of sp³-hybridized carbons (Fsp3) is 0.167. The largest absolute Gasteiger partial charge is 0.465 e. The summed E-state index contributed by atoms with van der Waals surface area (Å²) in [6.45, 7) is 1.85. The van der Waals surface area contributed by atoms with E-state index in [0.717, 1.165) is 10.6 Å². The van der Waals surface area contributed by atoms with Crippen LogP contribution in [0.15, 0.2) is 24.3 Å². The highest BCUT2D eigenvalue weighted by molar-refractivity contribution is 7.14. The molecule has 2 rings (SSSR count). The molecule has 0 fully saturated rings. The van der Waals surface area contributed by atoms with Crippen LogP contribution >= 0.6 is 22.9 Å². The lowest BCUT2D eigenvalue weighted by Gasteiger charge is -2.01. The van der Waals surface area contributed by atoms with Crippen LogP contribution in [0, 0.1) is 6.92 Å². The Morgan fingerprint density at radius 1 is 1.47 bits per heavy atom. The number of nitrogens with zero attached hydrogens (tertiary/aromatic N) is 1. The molecule has 5 heteroatoms. The highest BCUT2D eigenvalue weighted by atomic mass is 35.5. The minimum Gasteiger partial charge on any atom is -0.465 e. The molecule has 0 aliphatic rings. The molecule has 1 aromatic heterocycles. The molecule has 3 nitrogen and oxygen atoms in total. The van der Waals surface area contributed by atoms with Crippen molar-refractivity contribution in [2.75, 3.05) is 7.11 Å². The lowest BCUT2D eigenvalue weighted by Crippen LogP contribution is -2.00. The van der Waals surface area contributed by atoms with Gasteiger partial charge in [-0.25, -0.2) is 9.78 Å². The highest BCUT2D eigenvalue weighted by Crippen LogP contribution is 2.29. The number of hydrogen-bond donors (Lipinski definition) is 0. The average Bonchev–Trinajstić information content (AvgIpc) is 2.70. The molecule has 0 saturated heterocycles. The van der Waals surface area contributed by atoms with E-state index in [-0.39, 0.29) is 5.97 Å². The van der Waals surface area contributed by atoms with Gasteiger partial charge in [-0.05, 0) is 19.1 Å². The van der Waals surface area contributed by atoms with Gasteiger partial charge in [0.15, 0.2) is 0 Å². The van der Waals surface area contributed by atoms with Crippen molar-refractivity contribution in [1.82, 2.24) is 4.98 Å². The number of halogens is 1. The molecule has 0 radical (unpaired) electrons. The first-order valence-corrected chi connectivity index (χ1v) is 6.13. The van der Waals surface area contributed by atoms with Crippen molar-refractivity contribution in [3.05, 3.63) is 39.2 Å². The van der Waals surface area contributed by atoms with Gasteiger partial charge in [-0.2, -0.15) is 0 Å². The summed E-state index contributed by atoms with van der Waals surface area (Å²) in [6, 6.07) is 7.25. The van der Waals surface area contributed by atoms with Crippen LogP contribution in [0.3, 0.4) is 0 Å². The van der Waals surface area contributed by atoms with E-state index < -0.39 is 0 Å². The number of aromatic nitrogens is 1. The summed E-state index contributed by atoms with van der Waals surface area (Å²) in [4.78, 5) is 16.5. The van der Waals surface area contributed by atoms with Crippen molar-refractivity contribution in [3.63, 3.8) is 0 Å². The Morgan fingerprint density at radius 2 is 2.24 bits per heavy atom. The van der Waals surface area contributed by atoms with E-state index in [2.05, 4.69) is 4.98 Å². The topological polar surface area (TPSA) is 39.2 Å². The maximum atomic E-state index is 11.6. The molecule has 1 aromatic carbocycles. The van der Waals surface area contributed by atoms with Crippen molar-refractivity contribution < 1.29 is 9.53 Å². The third-order valence-electron chi connectivity index (χ3n) is 2.20. The highest BCUT2D eigenvalue weighted by Gasteiger charge is 2.18. The number of hydrogen-bond acceptors (Lipinski definition) is 4. The fourth-order valence-electron chi connectivity index (χ4n) is 1.49. The second kappa shape index (κ2) is 4.85. The molecular formula is C12H10ClNO2S. The molecule has 0 atom stereocenters. The number of carbonyl (C=O) groups is 1. The summed E-state index contributed by atoms with van der Waals surface area (Å²) >= 11 is 7.25. The Kier molecular flexibility index (Phi) is 3.45. The standard InChI is InChI=1S/C12H10ClNO2S/c1-7-14-10(11(17-7)12(15)16-2)8-4-3-5-9(13)6-8/h3-6H,1-2H3. The van der Waals surface area contributed by atoms with Gasteiger partial charge in [0, 0.05) is 10.6 Å². The van der Waals surface area contributed by atoms with Crippen molar-refractivity contribution in [3.8, 4) is 11.3 Å². The average molecular weight is 268 g/mol. The SMILES string of the molecule is COC(=O)c1sc(C)nc1-c1cccc(Cl)c1. The van der Waals surface area contributed by atoms with E-state index in [1.807, 2.05) is 19.1 Å². The van der Waals surface area contributed by atoms with Gasteiger partial charge in [0.2, 0.25) is 0 Å². The van der Waals surface area contributed by atoms with Crippen molar-refractivity contribution in [1.29, 1.82) is 0 Å². The number of methoxy groups -OCH3 is 1. The minimum atomic E-state index is -0.370. The van der Waals surface area contributed by atoms with Crippen LogP contribution in [0.5, 0.6) is 0 Å². The van der Waals surface area contributed by atoms with Gasteiger partial charge in [-0.3, -0.25) is 0 Å². The predicted molar refractivity (Wildman–Crippen MR) is 68.6 cm³/mol. The molecule has 2 aromatic rings. The maximum Gasteiger partial charge on any atom is 0.350 e. The summed E-state index contributed by atoms with van der Waals surface area (Å²) in [5.74, 6) is -0.370. The van der Waals surface area contributed by atoms with Crippen molar-refractivity contribution >= 4 is 28.9 Å². The lowest BCUT2D eigenvalue weighted by molar-refractivity contribution is 0.0607. The Hall–Kier alpha value is -1.39. The minimum absolute atomic E-state index is 0.370. The van der Waals surface area contributed by atoms with Crippen LogP contribution in [0.4, 0.5) is 0 Å². The number of thiazole rings is 1. The van der Waals surface area contributed by atoms with Crippen molar-refractivity contribution in [2.45, 2.75) is 6.92 Å². The van der Waals surface area contributed by atoms with Gasteiger partial charge < -0.3 is 4.74 Å². The van der Waals surface area contributed by atoms with E-state index in [1.54, 1.807) is 12.1 Å². The molecule has 1 heterocycles. The molecule has 0 aliphatic heterocycles. The first-order valence-electron chi connectivity index (χ1n) is 4.93. The van der Waals surface area contributed by atoms with Crippen LogP contribution in [0.1, 0.15) is 14.7 Å². The Balaban J connectivity index is 2.55. The fourth-order valence-corrected chi connectivity index (χ4v) is 2.54. The number of rotatable bonds is 2. The van der Waals surface area contributed by atoms with E-state index in [0.29, 0.717) is 15.6 Å². The molecule has 0 N–H and O–H groups in total. The molecule has 0 amide bonds. The van der Waals surface area contributed by atoms with Gasteiger partial charge in [-0.15, -0.1) is 11.3 Å². The molecule has 88 valence electrons. The van der Waals surface area contributed by atoms with Crippen LogP contribution in [-0.2, 0) is 4.74 Å². The monoisotopic (exact) mass is 267 g/mol. The normalized spacial score (nSPS) is 10.3. The summed E-state index contributed by atoms with van der Waals surface area (Å²) in [5, 5.41) is 1.43. The van der Waals surface area contributed by atoms with Crippen LogP contribution < -0.4 is 0 Å². The van der Waals surface area contributed by atoms with Crippen molar-refractivity contribution in [2.24, 2.45) is 0 Å². The van der Waals surface area contributed by atoms with Gasteiger partial charge in [0.1, 0.15) is 4.88 Å². The second-order valence-electron chi connectivity index (χ2n) is 3.41. The van der Waals surface area contributed by atoms with Gasteiger partial charge in [-0.1, -0.05) is 23.7 Å². The number of ether oxygens (including phenoxy) is 1. The molecule has 0 aliphatic carbocycles. The summed E-state index contributed by atoms with van der Waals surface area (Å²) < 4.78 is 4.74. The van der Waals surface area contributed by atoms with Gasteiger partial charge in [0.25, 0.3) is 0 Å². The molecule has 0 unspecified atom stereocenters. The van der Waals surface area contributed by atoms with Crippen LogP contribution in [-0.4, -0.2) is 18.1 Å². The predicted octanol–water partition coefficient (Wildman–Crippen LogP) is 3.56. The third-order valence-corrected chi connectivity index (χ3v) is 3.39. The first kappa shape index (κ1) is 12.1. The summed E-state index contributed by atoms with van der Waals surface area (Å²) in [6.07, 6.45) is 0. The number of aryl methyl sites for hydroxylation is 1. The Morgan fingerprint density at radius 3 is 2.88 bits per heavy atom. The molecule has 17 heavy (non-hydrogen) atoms. The van der Waals surface area contributed by atoms with E-state index in [9.17, 15) is 4.79 Å². The van der Waals surface area contributed by atoms with E-state index in [1.165, 1.54) is 18.4 Å². The van der Waals surface area contributed by atoms with Gasteiger partial charge in [0.05, 0.1) is 17.8 Å². The number of carbonyl (C=O) groups excluding carboxylic acids is 1. The van der Waals surface area contributed by atoms with Crippen LogP contribution in [0.2, 0.25) is 5.02 Å². The van der Waals surface area contributed by atoms with E-state index in [4.69, 9.17) is 16.3 Å². The zero-order chi connectivity index (χ0) is 12.4. The zero-order valence-corrected chi connectivity index (χ0v) is 10.9. The zero-order valence-electron chi connectivity index (χ0n) is 9.36. The number of benzene rings is 1. The smallest absolute Gasteiger partial charge is 0.350 e. The van der Waals surface area contributed by atoms with Crippen LogP contribution in [0.25, 0.3) is 11.3 Å². The maximum absolute atomic E-state index is 11.6. The molecule has 0 bridgehead atoms. The first-order chi connectivity index (χ1) is 8.11. The summed E-state index contributed by atoms with van der Waals surface area (Å²) in [7, 11) is 1.36. The van der Waals surface area contributed by atoms with Gasteiger partial charge >= 0.3 is 5.97 Å². The quantitative estimate of drug-likeness (QED) is 0.781. The van der Waals surface area contributed by atoms with E-state index >= 15 is 0 Å². The third kappa shape index (κ3) is 2.48. The molecule has 0 saturated carbocycles. The molecule has 0 spiro atoms. The Labute approximate surface area is 108 Å². The molecular weight excluding hydrogens is 258 g/mol. The summed E-state index contributed by atoms with van der Waals surface area (Å²) in [5.41, 5.74) is 1.45. The number of esters is 1. The lowest BCUT2D eigenvalue weighted by atomic mass is 10.1. The Bertz CT molecular complexity index is 565.